The smallest absolute Gasteiger partial charge is 0.0613 e. The minimum absolute atomic E-state index is 1.24. The van der Waals surface area contributed by atoms with Gasteiger partial charge in [0.2, 0.25) is 0 Å². The van der Waals surface area contributed by atoms with Crippen LogP contribution in [-0.4, -0.2) is 4.57 Å². The van der Waals surface area contributed by atoms with Crippen LogP contribution in [0.3, 0.4) is 0 Å². The Morgan fingerprint density at radius 1 is 0.340 bits per heavy atom. The first-order chi connectivity index (χ1) is 26.1. The summed E-state index contributed by atoms with van der Waals surface area (Å²) in [7, 11) is 0. The average Bonchev–Trinajstić information content (AvgIpc) is 3.46. The van der Waals surface area contributed by atoms with Gasteiger partial charge in [-0.1, -0.05) is 152 Å². The van der Waals surface area contributed by atoms with Crippen molar-refractivity contribution in [2.45, 2.75) is 13.8 Å². The predicted octanol–water partition coefficient (Wildman–Crippen LogP) is 14.5. The van der Waals surface area contributed by atoms with E-state index >= 15 is 0 Å². The summed E-state index contributed by atoms with van der Waals surface area (Å²) < 4.78 is 2.55. The topological polar surface area (TPSA) is 4.93 Å². The van der Waals surface area contributed by atoms with E-state index in [0.29, 0.717) is 0 Å². The van der Waals surface area contributed by atoms with E-state index in [1.54, 1.807) is 0 Å². The second kappa shape index (κ2) is 10.4. The molecule has 11 aromatic carbocycles. The number of aromatic nitrogens is 1. The van der Waals surface area contributed by atoms with Crippen molar-refractivity contribution in [2.75, 3.05) is 0 Å². The molecule has 0 amide bonds. The maximum absolute atomic E-state index is 2.55. The number of aryl methyl sites for hydroxylation is 1. The van der Waals surface area contributed by atoms with E-state index in [-0.39, 0.29) is 0 Å². The van der Waals surface area contributed by atoms with Gasteiger partial charge in [0.15, 0.2) is 0 Å². The van der Waals surface area contributed by atoms with Crippen LogP contribution in [0.15, 0.2) is 164 Å². The van der Waals surface area contributed by atoms with Gasteiger partial charge in [0.25, 0.3) is 0 Å². The number of benzene rings is 11. The van der Waals surface area contributed by atoms with Crippen molar-refractivity contribution in [3.8, 4) is 27.9 Å². The minimum atomic E-state index is 1.24. The molecule has 1 aromatic heterocycles. The van der Waals surface area contributed by atoms with E-state index in [0.717, 1.165) is 0 Å². The van der Waals surface area contributed by atoms with Crippen molar-refractivity contribution in [3.63, 3.8) is 0 Å². The van der Waals surface area contributed by atoms with E-state index in [4.69, 9.17) is 0 Å². The molecule has 12 rings (SSSR count). The third-order valence-electron chi connectivity index (χ3n) is 12.3. The van der Waals surface area contributed by atoms with E-state index in [9.17, 15) is 0 Å². The van der Waals surface area contributed by atoms with Crippen molar-refractivity contribution >= 4 is 86.3 Å². The Kier molecular flexibility index (Phi) is 5.70. The van der Waals surface area contributed by atoms with Gasteiger partial charge in [-0.05, 0) is 118 Å². The quantitative estimate of drug-likeness (QED) is 0.165. The van der Waals surface area contributed by atoms with E-state index < -0.39 is 0 Å². The summed E-state index contributed by atoms with van der Waals surface area (Å²) in [6, 6.07) is 61.4. The molecule has 1 heterocycles. The molecule has 0 radical (unpaired) electrons. The molecule has 0 N–H and O–H groups in total. The number of hydrogen-bond donors (Lipinski definition) is 0. The van der Waals surface area contributed by atoms with Crippen LogP contribution in [0.4, 0.5) is 0 Å². The number of fused-ring (bicyclic) bond motifs is 3. The summed E-state index contributed by atoms with van der Waals surface area (Å²) in [6.07, 6.45) is 0. The highest BCUT2D eigenvalue weighted by molar-refractivity contribution is 6.31. The van der Waals surface area contributed by atoms with Gasteiger partial charge in [-0.2, -0.15) is 0 Å². The molecular formula is C52H33N. The van der Waals surface area contributed by atoms with Crippen LogP contribution in [-0.2, 0) is 0 Å². The molecule has 0 atom stereocenters. The lowest BCUT2D eigenvalue weighted by Gasteiger charge is -2.19. The first-order valence-corrected chi connectivity index (χ1v) is 18.6. The summed E-state index contributed by atoms with van der Waals surface area (Å²) in [4.78, 5) is 0. The molecule has 0 unspecified atom stereocenters. The van der Waals surface area contributed by atoms with Crippen LogP contribution in [0.5, 0.6) is 0 Å². The fourth-order valence-corrected chi connectivity index (χ4v) is 9.77. The van der Waals surface area contributed by atoms with Crippen LogP contribution in [0.25, 0.3) is 114 Å². The predicted molar refractivity (Wildman–Crippen MR) is 229 cm³/mol. The fourth-order valence-electron chi connectivity index (χ4n) is 9.77. The van der Waals surface area contributed by atoms with Crippen molar-refractivity contribution in [3.05, 3.63) is 175 Å². The molecule has 12 aromatic rings. The third-order valence-corrected chi connectivity index (χ3v) is 12.3. The summed E-state index contributed by atoms with van der Waals surface area (Å²) in [5.41, 5.74) is 10.2. The zero-order valence-electron chi connectivity index (χ0n) is 29.5. The largest absolute Gasteiger partial charge is 0.312 e. The van der Waals surface area contributed by atoms with E-state index in [1.807, 2.05) is 0 Å². The fraction of sp³-hybridized carbons (Fsp3) is 0.0385. The molecule has 246 valence electrons. The molecule has 0 aliphatic heterocycles. The average molecular weight is 672 g/mol. The Hall–Kier alpha value is -6.70. The van der Waals surface area contributed by atoms with Gasteiger partial charge in [-0.15, -0.1) is 0 Å². The molecule has 53 heavy (non-hydrogen) atoms. The van der Waals surface area contributed by atoms with Gasteiger partial charge in [0.05, 0.1) is 11.2 Å². The van der Waals surface area contributed by atoms with Crippen molar-refractivity contribution in [2.24, 2.45) is 0 Å². The third kappa shape index (κ3) is 3.81. The van der Waals surface area contributed by atoms with E-state index in [1.165, 1.54) is 126 Å². The monoisotopic (exact) mass is 671 g/mol. The molecule has 0 bridgehead atoms. The van der Waals surface area contributed by atoms with Crippen molar-refractivity contribution in [1.82, 2.24) is 4.57 Å². The summed E-state index contributed by atoms with van der Waals surface area (Å²) >= 11 is 0. The molecular weight excluding hydrogens is 639 g/mol. The van der Waals surface area contributed by atoms with Gasteiger partial charge < -0.3 is 4.57 Å². The van der Waals surface area contributed by atoms with Gasteiger partial charge in [0.1, 0.15) is 0 Å². The van der Waals surface area contributed by atoms with E-state index in [2.05, 4.69) is 182 Å². The number of hydrogen-bond acceptors (Lipinski definition) is 0. The summed E-state index contributed by atoms with van der Waals surface area (Å²) in [5, 5.41) is 19.6. The Bertz CT molecular complexity index is 3440. The molecule has 0 fully saturated rings. The zero-order valence-corrected chi connectivity index (χ0v) is 29.5. The Labute approximate surface area is 306 Å². The highest BCUT2D eigenvalue weighted by Crippen LogP contribution is 2.47. The van der Waals surface area contributed by atoms with Crippen LogP contribution >= 0.6 is 0 Å². The van der Waals surface area contributed by atoms with Crippen LogP contribution < -0.4 is 0 Å². The lowest BCUT2D eigenvalue weighted by Crippen LogP contribution is -2.00. The highest BCUT2D eigenvalue weighted by Gasteiger charge is 2.22. The highest BCUT2D eigenvalue weighted by atomic mass is 15.0. The second-order valence-electron chi connectivity index (χ2n) is 14.9. The summed E-state index contributed by atoms with van der Waals surface area (Å²) in [6.45, 7) is 4.59. The minimum Gasteiger partial charge on any atom is -0.312 e. The maximum Gasteiger partial charge on any atom is 0.0613 e. The first-order valence-electron chi connectivity index (χ1n) is 18.6. The Morgan fingerprint density at radius 3 is 1.66 bits per heavy atom. The molecule has 0 saturated heterocycles. The molecule has 0 saturated carbocycles. The van der Waals surface area contributed by atoms with Crippen molar-refractivity contribution in [1.29, 1.82) is 0 Å². The number of rotatable bonds is 3. The van der Waals surface area contributed by atoms with Crippen LogP contribution in [0.2, 0.25) is 0 Å². The standard InChI is InChI=1S/C52H33N/c1-30-31(2)53(47-28-21-35-16-15-33-11-8-12-34-18-24-44(47)50(35)48(33)34)52-45-25-19-36-17-22-42(43-23-20-37(29-46(30)52)51(45)49(36)43)41-27-26-38(32-9-4-3-5-10-32)39-13-6-7-14-40(39)41/h3-29H,1-2H3. The normalized spacial score (nSPS) is 12.3. The Morgan fingerprint density at radius 2 is 0.868 bits per heavy atom. The molecule has 0 aliphatic carbocycles. The number of nitrogens with zero attached hydrogens (tertiary/aromatic N) is 1. The van der Waals surface area contributed by atoms with Crippen LogP contribution in [0.1, 0.15) is 11.3 Å². The van der Waals surface area contributed by atoms with Gasteiger partial charge in [-0.25, -0.2) is 0 Å². The lowest BCUT2D eigenvalue weighted by molar-refractivity contribution is 1.05. The zero-order chi connectivity index (χ0) is 34.9. The molecule has 1 heteroatoms. The Balaban J connectivity index is 1.16. The SMILES string of the molecule is Cc1c(C)n(-c2ccc3ccc4cccc5ccc2c3c45)c2c1cc1ccc3c(-c4ccc(-c5ccccc5)c5ccccc45)ccc4ccc2c1c43. The first kappa shape index (κ1) is 28.9. The van der Waals surface area contributed by atoms with Crippen molar-refractivity contribution < 1.29 is 0 Å². The second-order valence-corrected chi connectivity index (χ2v) is 14.9. The maximum atomic E-state index is 2.55. The van der Waals surface area contributed by atoms with Crippen LogP contribution in [0, 0.1) is 13.8 Å². The molecule has 0 aliphatic rings. The lowest BCUT2D eigenvalue weighted by atomic mass is 9.86. The molecule has 1 nitrogen and oxygen atoms in total. The summed E-state index contributed by atoms with van der Waals surface area (Å²) in [5.74, 6) is 0. The van der Waals surface area contributed by atoms with Gasteiger partial charge in [-0.3, -0.25) is 0 Å². The van der Waals surface area contributed by atoms with Gasteiger partial charge in [0, 0.05) is 21.9 Å². The molecule has 0 spiro atoms. The van der Waals surface area contributed by atoms with Gasteiger partial charge >= 0.3 is 0 Å².